The van der Waals surface area contributed by atoms with E-state index in [1.54, 1.807) is 0 Å². The lowest BCUT2D eigenvalue weighted by Crippen LogP contribution is -2.25. The van der Waals surface area contributed by atoms with Gasteiger partial charge in [-0.2, -0.15) is 13.2 Å². The third kappa shape index (κ3) is 1.81. The minimum Gasteiger partial charge on any atom is -0.260 e. The Morgan fingerprint density at radius 3 is 2.36 bits per heavy atom. The van der Waals surface area contributed by atoms with Crippen LogP contribution in [-0.2, 0) is 0 Å². The fraction of sp³-hybridized carbons (Fsp3) is 1.00. The second-order valence-corrected chi connectivity index (χ2v) is 2.52. The average molecular weight is 168 g/mol. The van der Waals surface area contributed by atoms with E-state index in [4.69, 9.17) is 0 Å². The van der Waals surface area contributed by atoms with Gasteiger partial charge in [0.25, 0.3) is 0 Å². The smallest absolute Gasteiger partial charge is 0.260 e. The van der Waals surface area contributed by atoms with Gasteiger partial charge in [0.05, 0.1) is 17.7 Å². The van der Waals surface area contributed by atoms with Crippen LogP contribution in [0.25, 0.3) is 0 Å². The van der Waals surface area contributed by atoms with E-state index in [9.17, 15) is 18.1 Å². The number of rotatable bonds is 1. The molecule has 0 aliphatic carbocycles. The molecule has 0 bridgehead atoms. The molecule has 64 valence electrons. The van der Waals surface area contributed by atoms with Gasteiger partial charge in [-0.1, -0.05) is 0 Å². The van der Waals surface area contributed by atoms with Crippen molar-refractivity contribution in [2.75, 3.05) is 13.1 Å². The van der Waals surface area contributed by atoms with E-state index in [1.165, 1.54) is 0 Å². The molecular weight excluding hydrogens is 161 g/mol. The summed E-state index contributed by atoms with van der Waals surface area (Å²) in [4.78, 5) is 9.79. The lowest BCUT2D eigenvalue weighted by molar-refractivity contribution is -0.170. The average Bonchev–Trinajstić information content (AvgIpc) is 2.32. The normalized spacial score (nSPS) is 25.7. The van der Waals surface area contributed by atoms with Gasteiger partial charge in [-0.25, -0.2) is 0 Å². The van der Waals surface area contributed by atoms with E-state index < -0.39 is 12.1 Å². The summed E-state index contributed by atoms with van der Waals surface area (Å²) in [6.07, 6.45) is -4.20. The molecule has 0 saturated carbocycles. The number of nitroso groups, excluding NO2 is 1. The fourth-order valence-corrected chi connectivity index (χ4v) is 1.08. The minimum absolute atomic E-state index is 0.0186. The molecule has 1 rings (SSSR count). The first-order chi connectivity index (χ1) is 5.04. The molecule has 1 saturated heterocycles. The van der Waals surface area contributed by atoms with E-state index in [1.807, 2.05) is 0 Å². The van der Waals surface area contributed by atoms with E-state index in [0.717, 1.165) is 5.01 Å². The highest BCUT2D eigenvalue weighted by atomic mass is 19.4. The van der Waals surface area contributed by atoms with Gasteiger partial charge in [-0.3, -0.25) is 5.01 Å². The van der Waals surface area contributed by atoms with Crippen LogP contribution in [0.5, 0.6) is 0 Å². The van der Waals surface area contributed by atoms with E-state index in [0.29, 0.717) is 0 Å². The molecule has 3 nitrogen and oxygen atoms in total. The van der Waals surface area contributed by atoms with Crippen molar-refractivity contribution in [1.82, 2.24) is 5.01 Å². The fourth-order valence-electron chi connectivity index (χ4n) is 1.08. The molecule has 0 radical (unpaired) electrons. The van der Waals surface area contributed by atoms with Crippen LogP contribution in [0.3, 0.4) is 0 Å². The molecule has 0 spiro atoms. The summed E-state index contributed by atoms with van der Waals surface area (Å²) in [5, 5.41) is 3.34. The van der Waals surface area contributed by atoms with Crippen LogP contribution in [0.15, 0.2) is 5.29 Å². The first kappa shape index (κ1) is 8.29. The number of hydrogen-bond donors (Lipinski definition) is 0. The van der Waals surface area contributed by atoms with Crippen molar-refractivity contribution in [2.45, 2.75) is 12.6 Å². The molecule has 1 atom stereocenters. The molecule has 0 aromatic rings. The molecule has 0 aromatic carbocycles. The molecule has 1 aliphatic heterocycles. The van der Waals surface area contributed by atoms with Crippen molar-refractivity contribution >= 4 is 0 Å². The Balaban J connectivity index is 2.48. The first-order valence-electron chi connectivity index (χ1n) is 3.19. The summed E-state index contributed by atoms with van der Waals surface area (Å²) in [5.41, 5.74) is 0. The molecule has 0 aromatic heterocycles. The topological polar surface area (TPSA) is 32.7 Å². The van der Waals surface area contributed by atoms with E-state index in [2.05, 4.69) is 5.29 Å². The van der Waals surface area contributed by atoms with Crippen molar-refractivity contribution in [3.8, 4) is 0 Å². The zero-order valence-corrected chi connectivity index (χ0v) is 5.64. The molecule has 0 amide bonds. The summed E-state index contributed by atoms with van der Waals surface area (Å²) in [6.45, 7) is -0.166. The summed E-state index contributed by atoms with van der Waals surface area (Å²) in [7, 11) is 0. The Morgan fingerprint density at radius 2 is 2.09 bits per heavy atom. The quantitative estimate of drug-likeness (QED) is 0.556. The summed E-state index contributed by atoms with van der Waals surface area (Å²) < 4.78 is 35.7. The molecule has 1 unspecified atom stereocenters. The minimum atomic E-state index is -4.18. The van der Waals surface area contributed by atoms with Gasteiger partial charge in [0.1, 0.15) is 0 Å². The Labute approximate surface area is 61.1 Å². The Bertz CT molecular complexity index is 158. The number of hydrogen-bond acceptors (Lipinski definition) is 2. The van der Waals surface area contributed by atoms with Gasteiger partial charge in [0, 0.05) is 6.54 Å². The number of alkyl halides is 3. The van der Waals surface area contributed by atoms with E-state index >= 15 is 0 Å². The zero-order valence-electron chi connectivity index (χ0n) is 5.64. The molecule has 6 heteroatoms. The maximum Gasteiger partial charge on any atom is 0.393 e. The Kier molecular flexibility index (Phi) is 2.01. The number of nitrogens with zero attached hydrogens (tertiary/aromatic N) is 2. The van der Waals surface area contributed by atoms with Crippen LogP contribution in [0, 0.1) is 10.8 Å². The molecule has 11 heavy (non-hydrogen) atoms. The highest BCUT2D eigenvalue weighted by Gasteiger charge is 2.43. The van der Waals surface area contributed by atoms with Crippen molar-refractivity contribution < 1.29 is 13.2 Å². The van der Waals surface area contributed by atoms with Crippen molar-refractivity contribution in [2.24, 2.45) is 11.2 Å². The second kappa shape index (κ2) is 2.67. The lowest BCUT2D eigenvalue weighted by atomic mass is 10.1. The Morgan fingerprint density at radius 1 is 1.45 bits per heavy atom. The van der Waals surface area contributed by atoms with Gasteiger partial charge in [-0.15, -0.1) is 4.91 Å². The molecule has 0 N–H and O–H groups in total. The predicted octanol–water partition coefficient (Wildman–Crippen LogP) is 1.55. The largest absolute Gasteiger partial charge is 0.393 e. The highest BCUT2D eigenvalue weighted by molar-refractivity contribution is 4.78. The van der Waals surface area contributed by atoms with Crippen LogP contribution in [0.1, 0.15) is 6.42 Å². The van der Waals surface area contributed by atoms with Gasteiger partial charge in [0.15, 0.2) is 0 Å². The first-order valence-corrected chi connectivity index (χ1v) is 3.19. The highest BCUT2D eigenvalue weighted by Crippen LogP contribution is 2.33. The van der Waals surface area contributed by atoms with Crippen LogP contribution in [-0.4, -0.2) is 24.3 Å². The van der Waals surface area contributed by atoms with Crippen molar-refractivity contribution in [1.29, 1.82) is 0 Å². The SMILES string of the molecule is O=NN1CCC(C(F)(F)F)C1. The number of halogens is 3. The van der Waals surface area contributed by atoms with Gasteiger partial charge in [0.2, 0.25) is 0 Å². The van der Waals surface area contributed by atoms with Crippen molar-refractivity contribution in [3.05, 3.63) is 4.91 Å². The molecular formula is C5H7F3N2O. The zero-order chi connectivity index (χ0) is 8.48. The standard InChI is InChI=1S/C5H7F3N2O/c6-5(7,8)4-1-2-10(3-4)9-11/h4H,1-3H2. The van der Waals surface area contributed by atoms with Crippen LogP contribution >= 0.6 is 0 Å². The monoisotopic (exact) mass is 168 g/mol. The summed E-state index contributed by atoms with van der Waals surface area (Å²) >= 11 is 0. The van der Waals surface area contributed by atoms with Crippen molar-refractivity contribution in [3.63, 3.8) is 0 Å². The maximum atomic E-state index is 11.9. The lowest BCUT2D eigenvalue weighted by Gasteiger charge is -2.12. The summed E-state index contributed by atoms with van der Waals surface area (Å²) in [5.74, 6) is -1.37. The third-order valence-electron chi connectivity index (χ3n) is 1.75. The van der Waals surface area contributed by atoms with Gasteiger partial charge in [-0.05, 0) is 6.42 Å². The van der Waals surface area contributed by atoms with Crippen LogP contribution < -0.4 is 0 Å². The Hall–Kier alpha value is -0.810. The maximum absolute atomic E-state index is 11.9. The molecule has 1 fully saturated rings. The van der Waals surface area contributed by atoms with Gasteiger partial charge < -0.3 is 0 Å². The second-order valence-electron chi connectivity index (χ2n) is 2.52. The summed E-state index contributed by atoms with van der Waals surface area (Å²) in [6, 6.07) is 0. The van der Waals surface area contributed by atoms with Crippen LogP contribution in [0.2, 0.25) is 0 Å². The predicted molar refractivity (Wildman–Crippen MR) is 31.5 cm³/mol. The van der Waals surface area contributed by atoms with Gasteiger partial charge >= 0.3 is 6.18 Å². The molecule has 1 heterocycles. The van der Waals surface area contributed by atoms with Crippen LogP contribution in [0.4, 0.5) is 13.2 Å². The van der Waals surface area contributed by atoms with E-state index in [-0.39, 0.29) is 19.5 Å². The molecule has 1 aliphatic rings. The third-order valence-corrected chi connectivity index (χ3v) is 1.75.